The molecule has 0 radical (unpaired) electrons. The molecule has 0 aliphatic rings. The Kier molecular flexibility index (Phi) is 6.50. The highest BCUT2D eigenvalue weighted by atomic mass is 79.9. The highest BCUT2D eigenvalue weighted by Gasteiger charge is 2.38. The molecule has 0 amide bonds. The van der Waals surface area contributed by atoms with E-state index in [9.17, 15) is 4.79 Å². The van der Waals surface area contributed by atoms with Crippen LogP contribution in [0.15, 0.2) is 0 Å². The fourth-order valence-electron chi connectivity index (χ4n) is 1.50. The Morgan fingerprint density at radius 2 is 1.80 bits per heavy atom. The zero-order chi connectivity index (χ0) is 12.3. The van der Waals surface area contributed by atoms with Crippen LogP contribution in [0, 0.1) is 11.3 Å². The number of carbonyl (C=O) groups excluding carboxylic acids is 1. The zero-order valence-corrected chi connectivity index (χ0v) is 12.9. The summed E-state index contributed by atoms with van der Waals surface area (Å²) in [5.74, 6) is -0.0331. The molecule has 0 aromatic carbocycles. The molecule has 1 nitrogen and oxygen atoms in total. The van der Waals surface area contributed by atoms with E-state index in [-0.39, 0.29) is 16.2 Å². The number of halogens is 4. The van der Waals surface area contributed by atoms with Crippen LogP contribution in [-0.4, -0.2) is 14.9 Å². The summed E-state index contributed by atoms with van der Waals surface area (Å²) in [7, 11) is 0. The van der Waals surface area contributed by atoms with Crippen LogP contribution in [0.5, 0.6) is 0 Å². The van der Waals surface area contributed by atoms with E-state index in [1.807, 2.05) is 20.8 Å². The van der Waals surface area contributed by atoms with E-state index in [0.29, 0.717) is 6.42 Å². The lowest BCUT2D eigenvalue weighted by atomic mass is 9.75. The van der Waals surface area contributed by atoms with Crippen LogP contribution in [0.25, 0.3) is 0 Å². The summed E-state index contributed by atoms with van der Waals surface area (Å²) in [6.45, 7) is 5.99. The molecule has 0 bridgehead atoms. The summed E-state index contributed by atoms with van der Waals surface area (Å²) in [5, 5.41) is 0. The average Bonchev–Trinajstić information content (AvgIpc) is 2.02. The topological polar surface area (TPSA) is 17.1 Å². The lowest BCUT2D eigenvalue weighted by Gasteiger charge is -2.36. The maximum Gasteiger partial charge on any atom is 0.191 e. The first-order valence-electron chi connectivity index (χ1n) is 4.81. The smallest absolute Gasteiger partial charge is 0.191 e. The summed E-state index contributed by atoms with van der Waals surface area (Å²) in [5.41, 5.74) is -0.222. The van der Waals surface area contributed by atoms with Crippen molar-refractivity contribution in [3.63, 3.8) is 0 Å². The van der Waals surface area contributed by atoms with Gasteiger partial charge in [0.15, 0.2) is 3.79 Å². The fraction of sp³-hybridized carbons (Fsp3) is 0.900. The molecule has 0 heterocycles. The summed E-state index contributed by atoms with van der Waals surface area (Å²) in [4.78, 5) is 10.9. The lowest BCUT2D eigenvalue weighted by Crippen LogP contribution is -2.36. The first-order chi connectivity index (χ1) is 6.65. The van der Waals surface area contributed by atoms with Crippen molar-refractivity contribution in [2.24, 2.45) is 11.3 Å². The molecule has 0 N–H and O–H groups in total. The number of alkyl halides is 4. The second-order valence-corrected chi connectivity index (χ2v) is 7.88. The zero-order valence-electron chi connectivity index (χ0n) is 9.07. The minimum Gasteiger partial charge on any atom is -0.303 e. The molecule has 2 unspecified atom stereocenters. The molecule has 0 aliphatic heterocycles. The minimum absolute atomic E-state index is 0.00681. The van der Waals surface area contributed by atoms with E-state index < -0.39 is 3.79 Å². The van der Waals surface area contributed by atoms with E-state index in [0.717, 1.165) is 12.7 Å². The molecule has 0 aromatic rings. The molecule has 0 aliphatic carbocycles. The van der Waals surface area contributed by atoms with Crippen molar-refractivity contribution in [3.05, 3.63) is 0 Å². The van der Waals surface area contributed by atoms with Crippen molar-refractivity contribution in [1.82, 2.24) is 0 Å². The molecular weight excluding hydrogens is 322 g/mol. The van der Waals surface area contributed by atoms with Crippen LogP contribution in [0.4, 0.5) is 0 Å². The Hall–Kier alpha value is 1.02. The van der Waals surface area contributed by atoms with Gasteiger partial charge in [-0.15, -0.1) is 0 Å². The summed E-state index contributed by atoms with van der Waals surface area (Å²) >= 11 is 20.7. The first-order valence-corrected chi connectivity index (χ1v) is 6.86. The van der Waals surface area contributed by atoms with Crippen molar-refractivity contribution in [2.75, 3.05) is 0 Å². The number of hydrogen-bond acceptors (Lipinski definition) is 1. The van der Waals surface area contributed by atoms with Crippen LogP contribution in [0.3, 0.4) is 0 Å². The maximum atomic E-state index is 10.9. The number of hydrogen-bond donors (Lipinski definition) is 0. The van der Waals surface area contributed by atoms with Crippen LogP contribution in [0.2, 0.25) is 0 Å². The first kappa shape index (κ1) is 16.0. The van der Waals surface area contributed by atoms with Crippen LogP contribution < -0.4 is 0 Å². The minimum atomic E-state index is -1.29. The van der Waals surface area contributed by atoms with Gasteiger partial charge in [-0.1, -0.05) is 71.5 Å². The van der Waals surface area contributed by atoms with Crippen molar-refractivity contribution in [1.29, 1.82) is 0 Å². The van der Waals surface area contributed by atoms with Gasteiger partial charge < -0.3 is 4.79 Å². The molecule has 0 saturated heterocycles. The largest absolute Gasteiger partial charge is 0.303 e. The molecule has 0 fully saturated rings. The lowest BCUT2D eigenvalue weighted by molar-refractivity contribution is -0.114. The predicted molar refractivity (Wildman–Crippen MR) is 71.2 cm³/mol. The summed E-state index contributed by atoms with van der Waals surface area (Å²) in [6.07, 6.45) is 2.15. The van der Waals surface area contributed by atoms with Crippen molar-refractivity contribution in [2.45, 2.75) is 42.2 Å². The second-order valence-electron chi connectivity index (χ2n) is 4.26. The second kappa shape index (κ2) is 6.09. The highest BCUT2D eigenvalue weighted by molar-refractivity contribution is 9.09. The molecule has 0 aromatic heterocycles. The number of aldehydes is 1. The maximum absolute atomic E-state index is 10.9. The Morgan fingerprint density at radius 3 is 2.07 bits per heavy atom. The van der Waals surface area contributed by atoms with E-state index in [2.05, 4.69) is 15.9 Å². The van der Waals surface area contributed by atoms with Gasteiger partial charge in [0.2, 0.25) is 0 Å². The van der Waals surface area contributed by atoms with Gasteiger partial charge in [-0.3, -0.25) is 0 Å². The van der Waals surface area contributed by atoms with E-state index in [1.54, 1.807) is 0 Å². The predicted octanol–water partition coefficient (Wildman–Crippen LogP) is 4.76. The molecule has 2 atom stereocenters. The van der Waals surface area contributed by atoms with Gasteiger partial charge >= 0.3 is 0 Å². The van der Waals surface area contributed by atoms with Gasteiger partial charge in [0.25, 0.3) is 0 Å². The molecular formula is C10H16BrCl3O. The standard InChI is InChI=1S/C10H16BrCl3O/c1-4-7(6-15)9(2,3)8(11)5-10(12,13)14/h6-8H,4-5H2,1-3H3. The van der Waals surface area contributed by atoms with Gasteiger partial charge in [-0.05, 0) is 11.8 Å². The number of carbonyl (C=O) groups is 1. The van der Waals surface area contributed by atoms with Crippen molar-refractivity contribution in [3.8, 4) is 0 Å². The normalized spacial score (nSPS) is 17.3. The van der Waals surface area contributed by atoms with E-state index in [4.69, 9.17) is 34.8 Å². The van der Waals surface area contributed by atoms with Gasteiger partial charge in [-0.25, -0.2) is 0 Å². The monoisotopic (exact) mass is 336 g/mol. The molecule has 15 heavy (non-hydrogen) atoms. The van der Waals surface area contributed by atoms with Gasteiger partial charge in [0.1, 0.15) is 6.29 Å². The van der Waals surface area contributed by atoms with Gasteiger partial charge in [0, 0.05) is 17.2 Å². The Morgan fingerprint density at radius 1 is 1.33 bits per heavy atom. The fourth-order valence-corrected chi connectivity index (χ4v) is 3.34. The van der Waals surface area contributed by atoms with Crippen LogP contribution in [-0.2, 0) is 4.79 Å². The third-order valence-electron chi connectivity index (χ3n) is 2.78. The Balaban J connectivity index is 4.63. The third kappa shape index (κ3) is 5.25. The Bertz CT molecular complexity index is 213. The molecule has 0 spiro atoms. The summed E-state index contributed by atoms with van der Waals surface area (Å²) < 4.78 is -1.29. The SMILES string of the molecule is CCC(C=O)C(C)(C)C(Br)CC(Cl)(Cl)Cl. The molecule has 0 rings (SSSR count). The highest BCUT2D eigenvalue weighted by Crippen LogP contribution is 2.43. The Labute approximate surface area is 115 Å². The van der Waals surface area contributed by atoms with Crippen molar-refractivity contribution < 1.29 is 4.79 Å². The average molecular weight is 338 g/mol. The van der Waals surface area contributed by atoms with Crippen molar-refractivity contribution >= 4 is 57.0 Å². The van der Waals surface area contributed by atoms with Gasteiger partial charge in [0.05, 0.1) is 0 Å². The van der Waals surface area contributed by atoms with Crippen LogP contribution in [0.1, 0.15) is 33.6 Å². The van der Waals surface area contributed by atoms with E-state index in [1.165, 1.54) is 0 Å². The quantitative estimate of drug-likeness (QED) is 0.522. The third-order valence-corrected chi connectivity index (χ3v) is 4.74. The summed E-state index contributed by atoms with van der Waals surface area (Å²) in [6, 6.07) is 0. The molecule has 90 valence electrons. The van der Waals surface area contributed by atoms with Gasteiger partial charge in [-0.2, -0.15) is 0 Å². The van der Waals surface area contributed by atoms with Crippen LogP contribution >= 0.6 is 50.7 Å². The molecule has 5 heteroatoms. The van der Waals surface area contributed by atoms with E-state index >= 15 is 0 Å². The number of rotatable bonds is 5. The molecule has 0 saturated carbocycles.